The van der Waals surface area contributed by atoms with E-state index >= 15 is 0 Å². The molecule has 0 aromatic heterocycles. The number of nitrogens with one attached hydrogen (secondary N) is 2. The molecule has 1 aliphatic rings. The van der Waals surface area contributed by atoms with Crippen molar-refractivity contribution >= 4 is 11.6 Å². The summed E-state index contributed by atoms with van der Waals surface area (Å²) in [4.78, 5) is 12.1. The Labute approximate surface area is 122 Å². The lowest BCUT2D eigenvalue weighted by molar-refractivity contribution is -0.115. The fraction of sp³-hybridized carbons (Fsp3) is 0.588. The van der Waals surface area contributed by atoms with E-state index in [9.17, 15) is 4.79 Å². The van der Waals surface area contributed by atoms with Crippen molar-refractivity contribution in [1.82, 2.24) is 5.32 Å². The van der Waals surface area contributed by atoms with Crippen molar-refractivity contribution in [3.63, 3.8) is 0 Å². The molecular formula is C17H26N2O. The SMILES string of the molecule is CCc1cccc(C)c1NC(=O)CNC1CCCCC1. The van der Waals surface area contributed by atoms with Crippen LogP contribution < -0.4 is 10.6 Å². The Hall–Kier alpha value is -1.35. The maximum absolute atomic E-state index is 12.1. The highest BCUT2D eigenvalue weighted by Gasteiger charge is 2.14. The number of benzene rings is 1. The topological polar surface area (TPSA) is 41.1 Å². The summed E-state index contributed by atoms with van der Waals surface area (Å²) in [6, 6.07) is 6.70. The van der Waals surface area contributed by atoms with Crippen LogP contribution in [0.25, 0.3) is 0 Å². The van der Waals surface area contributed by atoms with E-state index in [1.807, 2.05) is 19.1 Å². The van der Waals surface area contributed by atoms with Crippen LogP contribution in [0.1, 0.15) is 50.2 Å². The number of anilines is 1. The van der Waals surface area contributed by atoms with Crippen molar-refractivity contribution in [3.05, 3.63) is 29.3 Å². The van der Waals surface area contributed by atoms with Gasteiger partial charge >= 0.3 is 0 Å². The van der Waals surface area contributed by atoms with Crippen LogP contribution in [-0.2, 0) is 11.2 Å². The predicted octanol–water partition coefficient (Wildman–Crippen LogP) is 3.42. The molecule has 0 heterocycles. The molecule has 2 N–H and O–H groups in total. The number of hydrogen-bond acceptors (Lipinski definition) is 2. The van der Waals surface area contributed by atoms with Crippen LogP contribution in [0.15, 0.2) is 18.2 Å². The van der Waals surface area contributed by atoms with Gasteiger partial charge in [-0.1, -0.05) is 44.4 Å². The fourth-order valence-electron chi connectivity index (χ4n) is 2.93. The first-order valence-electron chi connectivity index (χ1n) is 7.82. The van der Waals surface area contributed by atoms with Crippen molar-refractivity contribution < 1.29 is 4.79 Å². The summed E-state index contributed by atoms with van der Waals surface area (Å²) in [5, 5.41) is 6.45. The second-order valence-electron chi connectivity index (χ2n) is 5.73. The first-order chi connectivity index (χ1) is 9.70. The van der Waals surface area contributed by atoms with Gasteiger partial charge < -0.3 is 10.6 Å². The first kappa shape index (κ1) is 15.0. The van der Waals surface area contributed by atoms with Gasteiger partial charge in [-0.05, 0) is 37.3 Å². The summed E-state index contributed by atoms with van der Waals surface area (Å²) in [6.07, 6.45) is 7.27. The van der Waals surface area contributed by atoms with Gasteiger partial charge in [-0.2, -0.15) is 0 Å². The average Bonchev–Trinajstić information content (AvgIpc) is 2.48. The summed E-state index contributed by atoms with van der Waals surface area (Å²) in [6.45, 7) is 4.58. The molecule has 1 aliphatic carbocycles. The number of amides is 1. The number of carbonyl (C=O) groups is 1. The van der Waals surface area contributed by atoms with Crippen molar-refractivity contribution in [2.45, 2.75) is 58.4 Å². The lowest BCUT2D eigenvalue weighted by atomic mass is 9.95. The third kappa shape index (κ3) is 4.07. The van der Waals surface area contributed by atoms with Crippen molar-refractivity contribution in [2.75, 3.05) is 11.9 Å². The summed E-state index contributed by atoms with van der Waals surface area (Å²) in [5.74, 6) is 0.0690. The van der Waals surface area contributed by atoms with E-state index in [4.69, 9.17) is 0 Å². The highest BCUT2D eigenvalue weighted by Crippen LogP contribution is 2.21. The van der Waals surface area contributed by atoms with Crippen LogP contribution in [0.4, 0.5) is 5.69 Å². The lowest BCUT2D eigenvalue weighted by Crippen LogP contribution is -2.37. The van der Waals surface area contributed by atoms with Gasteiger partial charge in [0.25, 0.3) is 0 Å². The highest BCUT2D eigenvalue weighted by atomic mass is 16.1. The van der Waals surface area contributed by atoms with Gasteiger partial charge in [-0.15, -0.1) is 0 Å². The second-order valence-corrected chi connectivity index (χ2v) is 5.73. The van der Waals surface area contributed by atoms with E-state index in [0.29, 0.717) is 12.6 Å². The lowest BCUT2D eigenvalue weighted by Gasteiger charge is -2.22. The number of rotatable bonds is 5. The Morgan fingerprint density at radius 2 is 2.00 bits per heavy atom. The minimum absolute atomic E-state index is 0.0690. The molecule has 0 spiro atoms. The molecule has 2 rings (SSSR count). The van der Waals surface area contributed by atoms with Crippen LogP contribution in [-0.4, -0.2) is 18.5 Å². The normalized spacial score (nSPS) is 16.1. The zero-order valence-electron chi connectivity index (χ0n) is 12.7. The smallest absolute Gasteiger partial charge is 0.238 e. The number of carbonyl (C=O) groups excluding carboxylic acids is 1. The van der Waals surface area contributed by atoms with Gasteiger partial charge in [-0.3, -0.25) is 4.79 Å². The second kappa shape index (κ2) is 7.44. The molecule has 1 amide bonds. The van der Waals surface area contributed by atoms with E-state index < -0.39 is 0 Å². The third-order valence-electron chi connectivity index (χ3n) is 4.16. The molecule has 0 saturated heterocycles. The van der Waals surface area contributed by atoms with Crippen molar-refractivity contribution in [3.8, 4) is 0 Å². The van der Waals surface area contributed by atoms with Crippen LogP contribution in [0.5, 0.6) is 0 Å². The van der Waals surface area contributed by atoms with Crippen molar-refractivity contribution in [2.24, 2.45) is 0 Å². The number of aryl methyl sites for hydroxylation is 2. The maximum Gasteiger partial charge on any atom is 0.238 e. The summed E-state index contributed by atoms with van der Waals surface area (Å²) >= 11 is 0. The van der Waals surface area contributed by atoms with Gasteiger partial charge in [0.15, 0.2) is 0 Å². The summed E-state index contributed by atoms with van der Waals surface area (Å²) in [5.41, 5.74) is 3.33. The largest absolute Gasteiger partial charge is 0.324 e. The van der Waals surface area contributed by atoms with Gasteiger partial charge in [0.1, 0.15) is 0 Å². The molecule has 1 fully saturated rings. The minimum atomic E-state index is 0.0690. The standard InChI is InChI=1S/C17H26N2O/c1-3-14-9-7-8-13(2)17(14)19-16(20)12-18-15-10-5-4-6-11-15/h7-9,15,18H,3-6,10-12H2,1-2H3,(H,19,20). The van der Waals surface area contributed by atoms with E-state index in [1.54, 1.807) is 0 Å². The van der Waals surface area contributed by atoms with E-state index in [1.165, 1.54) is 37.7 Å². The molecule has 0 radical (unpaired) electrons. The van der Waals surface area contributed by atoms with E-state index in [-0.39, 0.29) is 5.91 Å². The summed E-state index contributed by atoms with van der Waals surface area (Å²) < 4.78 is 0. The van der Waals surface area contributed by atoms with Crippen LogP contribution in [0.3, 0.4) is 0 Å². The zero-order chi connectivity index (χ0) is 14.4. The maximum atomic E-state index is 12.1. The van der Waals surface area contributed by atoms with Gasteiger partial charge in [-0.25, -0.2) is 0 Å². The van der Waals surface area contributed by atoms with Crippen LogP contribution in [0, 0.1) is 6.92 Å². The molecule has 0 atom stereocenters. The average molecular weight is 274 g/mol. The Bertz CT molecular complexity index is 450. The Morgan fingerprint density at radius 1 is 1.25 bits per heavy atom. The van der Waals surface area contributed by atoms with Crippen LogP contribution >= 0.6 is 0 Å². The molecule has 110 valence electrons. The molecule has 0 unspecified atom stereocenters. The molecule has 20 heavy (non-hydrogen) atoms. The highest BCUT2D eigenvalue weighted by molar-refractivity contribution is 5.93. The van der Waals surface area contributed by atoms with E-state index in [0.717, 1.165) is 17.7 Å². The molecule has 3 nitrogen and oxygen atoms in total. The quantitative estimate of drug-likeness (QED) is 0.864. The molecule has 3 heteroatoms. The monoisotopic (exact) mass is 274 g/mol. The Morgan fingerprint density at radius 3 is 2.70 bits per heavy atom. The first-order valence-corrected chi connectivity index (χ1v) is 7.82. The number of hydrogen-bond donors (Lipinski definition) is 2. The molecule has 1 aromatic carbocycles. The zero-order valence-corrected chi connectivity index (χ0v) is 12.7. The molecule has 1 saturated carbocycles. The molecule has 0 aliphatic heterocycles. The Balaban J connectivity index is 1.88. The third-order valence-corrected chi connectivity index (χ3v) is 4.16. The van der Waals surface area contributed by atoms with Crippen molar-refractivity contribution in [1.29, 1.82) is 0 Å². The number of para-hydroxylation sites is 1. The van der Waals surface area contributed by atoms with Crippen LogP contribution in [0.2, 0.25) is 0 Å². The molecule has 0 bridgehead atoms. The predicted molar refractivity (Wildman–Crippen MR) is 84.1 cm³/mol. The van der Waals surface area contributed by atoms with Gasteiger partial charge in [0.2, 0.25) is 5.91 Å². The van der Waals surface area contributed by atoms with E-state index in [2.05, 4.69) is 23.6 Å². The summed E-state index contributed by atoms with van der Waals surface area (Å²) in [7, 11) is 0. The molecular weight excluding hydrogens is 248 g/mol. The fourth-order valence-corrected chi connectivity index (χ4v) is 2.93. The Kier molecular flexibility index (Phi) is 5.60. The molecule has 1 aromatic rings. The minimum Gasteiger partial charge on any atom is -0.324 e. The van der Waals surface area contributed by atoms with Gasteiger partial charge in [0, 0.05) is 11.7 Å². The van der Waals surface area contributed by atoms with Gasteiger partial charge in [0.05, 0.1) is 6.54 Å².